The lowest BCUT2D eigenvalue weighted by Crippen LogP contribution is -2.38. The van der Waals surface area contributed by atoms with Crippen LogP contribution in [0.2, 0.25) is 0 Å². The molecule has 6 heteroatoms. The van der Waals surface area contributed by atoms with E-state index in [2.05, 4.69) is 37.9 Å². The molecule has 1 saturated carbocycles. The van der Waals surface area contributed by atoms with Gasteiger partial charge in [0.15, 0.2) is 0 Å². The van der Waals surface area contributed by atoms with E-state index in [1.807, 2.05) is 6.92 Å². The third-order valence-corrected chi connectivity index (χ3v) is 8.28. The molecule has 4 rings (SSSR count). The van der Waals surface area contributed by atoms with Crippen LogP contribution in [0.4, 0.5) is 5.00 Å². The van der Waals surface area contributed by atoms with Crippen LogP contribution in [0, 0.1) is 16.7 Å². The first-order valence-electron chi connectivity index (χ1n) is 11.4. The van der Waals surface area contributed by atoms with Gasteiger partial charge in [-0.05, 0) is 67.8 Å². The zero-order valence-corrected chi connectivity index (χ0v) is 19.9. The van der Waals surface area contributed by atoms with Gasteiger partial charge >= 0.3 is 5.97 Å². The number of hydrogen-bond acceptors (Lipinski definition) is 5. The average Bonchev–Trinajstić information content (AvgIpc) is 3.07. The average molecular weight is 433 g/mol. The Morgan fingerprint density at radius 3 is 2.77 bits per heavy atom. The molecule has 30 heavy (non-hydrogen) atoms. The normalized spacial score (nSPS) is 30.0. The highest BCUT2D eigenvalue weighted by Crippen LogP contribution is 2.52. The van der Waals surface area contributed by atoms with E-state index in [1.54, 1.807) is 11.3 Å². The molecule has 2 fully saturated rings. The number of anilines is 1. The van der Waals surface area contributed by atoms with Crippen molar-refractivity contribution in [1.29, 1.82) is 0 Å². The third-order valence-electron chi connectivity index (χ3n) is 7.11. The Balaban J connectivity index is 1.50. The van der Waals surface area contributed by atoms with E-state index in [9.17, 15) is 9.59 Å². The first-order chi connectivity index (χ1) is 14.1. The molecule has 1 aliphatic heterocycles. The summed E-state index contributed by atoms with van der Waals surface area (Å²) >= 11 is 1.57. The van der Waals surface area contributed by atoms with Crippen molar-refractivity contribution in [2.75, 3.05) is 25.0 Å². The van der Waals surface area contributed by atoms with Crippen LogP contribution in [0.25, 0.3) is 0 Å². The molecule has 5 nitrogen and oxygen atoms in total. The molecule has 2 heterocycles. The van der Waals surface area contributed by atoms with Crippen molar-refractivity contribution in [1.82, 2.24) is 4.90 Å². The van der Waals surface area contributed by atoms with Gasteiger partial charge in [-0.2, -0.15) is 0 Å². The Labute approximate surface area is 184 Å². The minimum Gasteiger partial charge on any atom is -0.462 e. The van der Waals surface area contributed by atoms with E-state index in [4.69, 9.17) is 4.74 Å². The second-order valence-corrected chi connectivity index (χ2v) is 12.0. The number of carbonyl (C=O) groups excluding carboxylic acids is 2. The summed E-state index contributed by atoms with van der Waals surface area (Å²) in [6.45, 7) is 12.9. The van der Waals surface area contributed by atoms with Crippen LogP contribution >= 0.6 is 11.3 Å². The largest absolute Gasteiger partial charge is 0.462 e. The predicted molar refractivity (Wildman–Crippen MR) is 121 cm³/mol. The van der Waals surface area contributed by atoms with Crippen LogP contribution < -0.4 is 5.32 Å². The van der Waals surface area contributed by atoms with Gasteiger partial charge in [0.05, 0.1) is 18.7 Å². The van der Waals surface area contributed by atoms with Crippen LogP contribution in [0.3, 0.4) is 0 Å². The second-order valence-electron chi connectivity index (χ2n) is 10.9. The molecule has 3 atom stereocenters. The highest BCUT2D eigenvalue weighted by Gasteiger charge is 2.49. The zero-order chi connectivity index (χ0) is 21.7. The van der Waals surface area contributed by atoms with Crippen LogP contribution in [0.15, 0.2) is 0 Å². The van der Waals surface area contributed by atoms with Crippen molar-refractivity contribution in [2.24, 2.45) is 16.7 Å². The number of ether oxygens (including phenoxy) is 1. The third kappa shape index (κ3) is 4.31. The molecule has 0 unspecified atom stereocenters. The molecule has 0 radical (unpaired) electrons. The molecular formula is C24H36N2O3S. The van der Waals surface area contributed by atoms with E-state index in [0.717, 1.165) is 37.8 Å². The summed E-state index contributed by atoms with van der Waals surface area (Å²) in [6.07, 6.45) is 6.49. The van der Waals surface area contributed by atoms with Crippen LogP contribution in [-0.2, 0) is 22.4 Å². The number of fused-ring (bicyclic) bond motifs is 3. The van der Waals surface area contributed by atoms with E-state index in [1.165, 1.54) is 17.7 Å². The van der Waals surface area contributed by atoms with Gasteiger partial charge in [0, 0.05) is 17.5 Å². The molecule has 166 valence electrons. The van der Waals surface area contributed by atoms with E-state index in [-0.39, 0.29) is 11.9 Å². The Kier molecular flexibility index (Phi) is 5.77. The highest BCUT2D eigenvalue weighted by atomic mass is 32.1. The minimum absolute atomic E-state index is 0.0128. The number of thiophene rings is 1. The Hall–Kier alpha value is -1.40. The minimum atomic E-state index is -0.300. The van der Waals surface area contributed by atoms with E-state index in [0.29, 0.717) is 46.5 Å². The maximum Gasteiger partial charge on any atom is 0.341 e. The lowest BCUT2D eigenvalue weighted by atomic mass is 9.65. The van der Waals surface area contributed by atoms with Gasteiger partial charge in [-0.15, -0.1) is 11.3 Å². The van der Waals surface area contributed by atoms with Crippen molar-refractivity contribution in [3.63, 3.8) is 0 Å². The fraction of sp³-hybridized carbons (Fsp3) is 0.750. The van der Waals surface area contributed by atoms with Gasteiger partial charge in [-0.1, -0.05) is 27.7 Å². The molecule has 1 saturated heterocycles. The number of esters is 1. The number of amides is 1. The molecule has 3 aliphatic rings. The predicted octanol–water partition coefficient (Wildman–Crippen LogP) is 4.89. The number of likely N-dealkylation sites (tertiary alicyclic amines) is 1. The molecule has 0 spiro atoms. The monoisotopic (exact) mass is 432 g/mol. The van der Waals surface area contributed by atoms with Gasteiger partial charge in [0.25, 0.3) is 0 Å². The first-order valence-corrected chi connectivity index (χ1v) is 12.3. The molecule has 2 aliphatic carbocycles. The summed E-state index contributed by atoms with van der Waals surface area (Å²) < 4.78 is 5.33. The quantitative estimate of drug-likeness (QED) is 0.673. The Bertz CT molecular complexity index is 846. The number of carbonyl (C=O) groups is 2. The van der Waals surface area contributed by atoms with Gasteiger partial charge in [0.2, 0.25) is 5.91 Å². The summed E-state index contributed by atoms with van der Waals surface area (Å²) in [5, 5.41) is 3.79. The van der Waals surface area contributed by atoms with Gasteiger partial charge < -0.3 is 10.1 Å². The highest BCUT2D eigenvalue weighted by molar-refractivity contribution is 7.17. The first kappa shape index (κ1) is 21.8. The topological polar surface area (TPSA) is 58.6 Å². The summed E-state index contributed by atoms with van der Waals surface area (Å²) in [5.74, 6) is 0.301. The fourth-order valence-electron chi connectivity index (χ4n) is 6.37. The van der Waals surface area contributed by atoms with Crippen molar-refractivity contribution < 1.29 is 14.3 Å². The molecule has 1 amide bonds. The van der Waals surface area contributed by atoms with Gasteiger partial charge in [-0.3, -0.25) is 9.69 Å². The Morgan fingerprint density at radius 2 is 2.03 bits per heavy atom. The number of nitrogens with zero attached hydrogens (tertiary/aromatic N) is 1. The molecule has 1 N–H and O–H groups in total. The smallest absolute Gasteiger partial charge is 0.341 e. The summed E-state index contributed by atoms with van der Waals surface area (Å²) in [7, 11) is 0. The van der Waals surface area contributed by atoms with E-state index >= 15 is 0 Å². The SMILES string of the molecule is CCOC(=O)c1c(NC(=O)CN2C[C@@]3(C)C[C@@H]2CC(C)(C)C3)sc2c1CC[C@@H](C)C2. The van der Waals surface area contributed by atoms with Crippen molar-refractivity contribution in [3.8, 4) is 0 Å². The number of hydrogen-bond donors (Lipinski definition) is 1. The maximum atomic E-state index is 13.0. The van der Waals surface area contributed by atoms with Crippen molar-refractivity contribution in [3.05, 3.63) is 16.0 Å². The summed E-state index contributed by atoms with van der Waals surface area (Å²) in [5.41, 5.74) is 2.34. The number of rotatable bonds is 5. The van der Waals surface area contributed by atoms with Crippen LogP contribution in [0.1, 0.15) is 81.1 Å². The molecule has 2 bridgehead atoms. The molecular weight excluding hydrogens is 396 g/mol. The summed E-state index contributed by atoms with van der Waals surface area (Å²) in [6, 6.07) is 0.478. The number of nitrogens with one attached hydrogen (secondary N) is 1. The lowest BCUT2D eigenvalue weighted by Gasteiger charge is -2.39. The van der Waals surface area contributed by atoms with E-state index < -0.39 is 0 Å². The lowest BCUT2D eigenvalue weighted by molar-refractivity contribution is -0.117. The van der Waals surface area contributed by atoms with Crippen LogP contribution in [-0.4, -0.2) is 42.5 Å². The molecule has 0 aromatic carbocycles. The van der Waals surface area contributed by atoms with Crippen molar-refractivity contribution >= 4 is 28.2 Å². The summed E-state index contributed by atoms with van der Waals surface area (Å²) in [4.78, 5) is 29.3. The van der Waals surface area contributed by atoms with Crippen LogP contribution in [0.5, 0.6) is 0 Å². The zero-order valence-electron chi connectivity index (χ0n) is 19.1. The molecule has 1 aromatic heterocycles. The van der Waals surface area contributed by atoms with Gasteiger partial charge in [0.1, 0.15) is 5.00 Å². The maximum absolute atomic E-state index is 13.0. The Morgan fingerprint density at radius 1 is 1.27 bits per heavy atom. The van der Waals surface area contributed by atoms with Crippen molar-refractivity contribution in [2.45, 2.75) is 79.2 Å². The fourth-order valence-corrected chi connectivity index (χ4v) is 7.79. The second kappa shape index (κ2) is 7.94. The van der Waals surface area contributed by atoms with Gasteiger partial charge in [-0.25, -0.2) is 4.79 Å². The molecule has 1 aromatic rings. The standard InChI is InChI=1S/C24H36N2O3S/c1-6-29-22(28)20-17-8-7-15(2)9-18(17)30-21(20)25-19(27)12-26-14-24(5)11-16(26)10-23(3,4)13-24/h15-16H,6-14H2,1-5H3,(H,25,27)/t15-,16+,24+/m1/s1.